The highest BCUT2D eigenvalue weighted by Gasteiger charge is 2.15. The molecule has 1 N–H and O–H groups in total. The fourth-order valence-electron chi connectivity index (χ4n) is 2.21. The minimum Gasteiger partial charge on any atom is -0.359 e. The largest absolute Gasteiger partial charge is 0.359 e. The first-order valence-corrected chi connectivity index (χ1v) is 7.42. The van der Waals surface area contributed by atoms with Crippen molar-refractivity contribution in [2.45, 2.75) is 26.3 Å². The summed E-state index contributed by atoms with van der Waals surface area (Å²) in [5, 5.41) is 11.3. The summed E-state index contributed by atoms with van der Waals surface area (Å²) in [6, 6.07) is 9.44. The number of hydrogen-bond donors (Lipinski definition) is 1. The number of hydrogen-bond acceptors (Lipinski definition) is 5. The van der Waals surface area contributed by atoms with E-state index in [9.17, 15) is 4.39 Å². The van der Waals surface area contributed by atoms with Gasteiger partial charge in [0.15, 0.2) is 11.6 Å². The highest BCUT2D eigenvalue weighted by Crippen LogP contribution is 2.20. The van der Waals surface area contributed by atoms with Gasteiger partial charge in [-0.3, -0.25) is 0 Å². The van der Waals surface area contributed by atoms with E-state index in [4.69, 9.17) is 0 Å². The molecule has 0 amide bonds. The van der Waals surface area contributed by atoms with E-state index in [1.807, 2.05) is 50.4 Å². The molecule has 7 heteroatoms. The molecule has 3 rings (SSSR count). The Balaban J connectivity index is 1.79. The molecule has 0 saturated heterocycles. The van der Waals surface area contributed by atoms with Gasteiger partial charge in [0, 0.05) is 0 Å². The normalized spacial score (nSPS) is 12.1. The standard InChI is InChI=1S/C16H17FN6/c1-3-13-15(17)16(19-10-18-13)20-11(2)14-9-23(22-21-14)12-7-5-4-6-8-12/h4-11H,3H2,1-2H3,(H,18,19,20). The van der Waals surface area contributed by atoms with Crippen LogP contribution in [-0.2, 0) is 6.42 Å². The molecule has 0 aliphatic carbocycles. The van der Waals surface area contributed by atoms with E-state index in [0.717, 1.165) is 5.69 Å². The monoisotopic (exact) mass is 312 g/mol. The molecule has 3 aromatic rings. The second-order valence-corrected chi connectivity index (χ2v) is 5.13. The molecule has 0 bridgehead atoms. The van der Waals surface area contributed by atoms with Crippen LogP contribution < -0.4 is 5.32 Å². The van der Waals surface area contributed by atoms with Crippen LogP contribution in [-0.4, -0.2) is 25.0 Å². The van der Waals surface area contributed by atoms with E-state index in [1.54, 1.807) is 4.68 Å². The van der Waals surface area contributed by atoms with E-state index in [2.05, 4.69) is 25.6 Å². The topological polar surface area (TPSA) is 68.5 Å². The summed E-state index contributed by atoms with van der Waals surface area (Å²) >= 11 is 0. The first kappa shape index (κ1) is 15.1. The average Bonchev–Trinajstić information content (AvgIpc) is 3.08. The van der Waals surface area contributed by atoms with E-state index < -0.39 is 5.82 Å². The molecule has 0 aliphatic heterocycles. The van der Waals surface area contributed by atoms with E-state index in [0.29, 0.717) is 17.8 Å². The van der Waals surface area contributed by atoms with Crippen molar-refractivity contribution in [2.75, 3.05) is 5.32 Å². The molecular formula is C16H17FN6. The second kappa shape index (κ2) is 6.51. The Morgan fingerprint density at radius 1 is 1.22 bits per heavy atom. The van der Waals surface area contributed by atoms with E-state index in [1.165, 1.54) is 6.33 Å². The van der Waals surface area contributed by atoms with Gasteiger partial charge in [-0.2, -0.15) is 0 Å². The number of nitrogens with zero attached hydrogens (tertiary/aromatic N) is 5. The number of anilines is 1. The van der Waals surface area contributed by atoms with Crippen LogP contribution in [0.5, 0.6) is 0 Å². The predicted molar refractivity (Wildman–Crippen MR) is 84.8 cm³/mol. The van der Waals surface area contributed by atoms with Crippen molar-refractivity contribution in [2.24, 2.45) is 0 Å². The molecule has 0 fully saturated rings. The van der Waals surface area contributed by atoms with Crippen LogP contribution in [0.15, 0.2) is 42.9 Å². The molecular weight excluding hydrogens is 295 g/mol. The minimum absolute atomic E-state index is 0.179. The quantitative estimate of drug-likeness (QED) is 0.784. The van der Waals surface area contributed by atoms with Crippen molar-refractivity contribution >= 4 is 5.82 Å². The molecule has 118 valence electrons. The maximum absolute atomic E-state index is 14.2. The fraction of sp³-hybridized carbons (Fsp3) is 0.250. The maximum atomic E-state index is 14.2. The Hall–Kier alpha value is -2.83. The first-order valence-electron chi connectivity index (χ1n) is 7.42. The van der Waals surface area contributed by atoms with Gasteiger partial charge in [0.1, 0.15) is 12.0 Å². The van der Waals surface area contributed by atoms with Crippen molar-refractivity contribution in [3.8, 4) is 5.69 Å². The third-order valence-electron chi connectivity index (χ3n) is 3.53. The van der Waals surface area contributed by atoms with Crippen molar-refractivity contribution in [3.05, 3.63) is 60.1 Å². The Labute approximate surface area is 133 Å². The SMILES string of the molecule is CCc1ncnc(NC(C)c2cn(-c3ccccc3)nn2)c1F. The van der Waals surface area contributed by atoms with E-state index in [-0.39, 0.29) is 11.9 Å². The fourth-order valence-corrected chi connectivity index (χ4v) is 2.21. The summed E-state index contributed by atoms with van der Waals surface area (Å²) in [6.45, 7) is 3.73. The van der Waals surface area contributed by atoms with Gasteiger partial charge in [0.2, 0.25) is 0 Å². The van der Waals surface area contributed by atoms with Crippen LogP contribution in [0, 0.1) is 5.82 Å². The first-order chi connectivity index (χ1) is 11.2. The zero-order chi connectivity index (χ0) is 16.2. The Bertz CT molecular complexity index is 786. The smallest absolute Gasteiger partial charge is 0.186 e. The summed E-state index contributed by atoms with van der Waals surface area (Å²) in [5.41, 5.74) is 2.01. The van der Waals surface area contributed by atoms with Crippen molar-refractivity contribution in [1.82, 2.24) is 25.0 Å². The van der Waals surface area contributed by atoms with Gasteiger partial charge in [0.05, 0.1) is 23.6 Å². The third-order valence-corrected chi connectivity index (χ3v) is 3.53. The Morgan fingerprint density at radius 2 is 2.00 bits per heavy atom. The van der Waals surface area contributed by atoms with Gasteiger partial charge in [-0.25, -0.2) is 19.0 Å². The molecule has 6 nitrogen and oxygen atoms in total. The van der Waals surface area contributed by atoms with Crippen LogP contribution in [0.1, 0.15) is 31.3 Å². The van der Waals surface area contributed by atoms with Crippen LogP contribution >= 0.6 is 0 Å². The van der Waals surface area contributed by atoms with Crippen LogP contribution in [0.3, 0.4) is 0 Å². The van der Waals surface area contributed by atoms with Crippen LogP contribution in [0.4, 0.5) is 10.2 Å². The molecule has 23 heavy (non-hydrogen) atoms. The van der Waals surface area contributed by atoms with Gasteiger partial charge in [-0.15, -0.1) is 5.10 Å². The molecule has 2 heterocycles. The summed E-state index contributed by atoms with van der Waals surface area (Å²) in [6.07, 6.45) is 3.69. The zero-order valence-electron chi connectivity index (χ0n) is 12.9. The van der Waals surface area contributed by atoms with Gasteiger partial charge in [-0.1, -0.05) is 30.3 Å². The lowest BCUT2D eigenvalue weighted by Crippen LogP contribution is -2.11. The number of para-hydroxylation sites is 1. The van der Waals surface area contributed by atoms with Gasteiger partial charge >= 0.3 is 0 Å². The number of aromatic nitrogens is 5. The Kier molecular flexibility index (Phi) is 4.27. The summed E-state index contributed by atoms with van der Waals surface area (Å²) in [5.74, 6) is -0.240. The minimum atomic E-state index is -0.419. The maximum Gasteiger partial charge on any atom is 0.186 e. The molecule has 0 radical (unpaired) electrons. The third kappa shape index (κ3) is 3.18. The zero-order valence-corrected chi connectivity index (χ0v) is 12.9. The molecule has 0 spiro atoms. The molecule has 0 aliphatic rings. The van der Waals surface area contributed by atoms with Gasteiger partial charge < -0.3 is 5.32 Å². The second-order valence-electron chi connectivity index (χ2n) is 5.13. The van der Waals surface area contributed by atoms with Crippen molar-refractivity contribution in [1.29, 1.82) is 0 Å². The lowest BCUT2D eigenvalue weighted by Gasteiger charge is -2.13. The average molecular weight is 312 g/mol. The Morgan fingerprint density at radius 3 is 2.74 bits per heavy atom. The summed E-state index contributed by atoms with van der Waals surface area (Å²) < 4.78 is 15.9. The number of halogens is 1. The molecule has 1 unspecified atom stereocenters. The predicted octanol–water partition coefficient (Wildman–Crippen LogP) is 2.93. The van der Waals surface area contributed by atoms with Gasteiger partial charge in [-0.05, 0) is 25.5 Å². The number of benzene rings is 1. The molecule has 1 aromatic carbocycles. The van der Waals surface area contributed by atoms with Crippen molar-refractivity contribution < 1.29 is 4.39 Å². The van der Waals surface area contributed by atoms with Crippen LogP contribution in [0.2, 0.25) is 0 Å². The van der Waals surface area contributed by atoms with Crippen molar-refractivity contribution in [3.63, 3.8) is 0 Å². The lowest BCUT2D eigenvalue weighted by atomic mass is 10.2. The number of rotatable bonds is 5. The number of aryl methyl sites for hydroxylation is 1. The van der Waals surface area contributed by atoms with Crippen LogP contribution in [0.25, 0.3) is 5.69 Å². The summed E-state index contributed by atoms with van der Waals surface area (Å²) in [7, 11) is 0. The highest BCUT2D eigenvalue weighted by molar-refractivity contribution is 5.39. The lowest BCUT2D eigenvalue weighted by molar-refractivity contribution is 0.593. The van der Waals surface area contributed by atoms with Gasteiger partial charge in [0.25, 0.3) is 0 Å². The molecule has 2 aromatic heterocycles. The summed E-state index contributed by atoms with van der Waals surface area (Å²) in [4.78, 5) is 7.89. The van der Waals surface area contributed by atoms with E-state index >= 15 is 0 Å². The number of nitrogens with one attached hydrogen (secondary N) is 1. The molecule has 0 saturated carbocycles. The highest BCUT2D eigenvalue weighted by atomic mass is 19.1. The molecule has 1 atom stereocenters.